The highest BCUT2D eigenvalue weighted by Gasteiger charge is 2.58. The summed E-state index contributed by atoms with van der Waals surface area (Å²) in [5.41, 5.74) is 0.239. The molecule has 1 aromatic rings. The third-order valence-corrected chi connectivity index (χ3v) is 5.62. The zero-order valence-corrected chi connectivity index (χ0v) is 19.0. The average molecular weight is 381 g/mol. The Balaban J connectivity index is 2.05. The molecule has 1 saturated heterocycles. The second-order valence-corrected chi connectivity index (χ2v) is 10.3. The molecule has 0 N–H and O–H groups in total. The van der Waals surface area contributed by atoms with Gasteiger partial charge in [-0.05, 0) is 46.2 Å². The van der Waals surface area contributed by atoms with Gasteiger partial charge in [-0.25, -0.2) is 4.79 Å². The molecular formula is C20H32O5Si. The Bertz CT molecular complexity index is 610. The summed E-state index contributed by atoms with van der Waals surface area (Å²) >= 11 is 0. The standard InChI is InChI=1S/C20H32O5Si/c1-14-12-16(13-23-17(21)15-10-8-7-9-11-15)24-20(14,22-6)19(5,26)25-18(2,3)4/h7-11,14,16H,12-13H2,1-6,26H3/t14-,16-,19?,20+/m0/s1. The molecule has 0 spiro atoms. The van der Waals surface area contributed by atoms with E-state index >= 15 is 0 Å². The lowest BCUT2D eigenvalue weighted by Crippen LogP contribution is -2.61. The summed E-state index contributed by atoms with van der Waals surface area (Å²) in [5.74, 6) is -1.05. The van der Waals surface area contributed by atoms with Gasteiger partial charge in [-0.15, -0.1) is 0 Å². The smallest absolute Gasteiger partial charge is 0.338 e. The fourth-order valence-electron chi connectivity index (χ4n) is 3.96. The van der Waals surface area contributed by atoms with Gasteiger partial charge in [0.1, 0.15) is 6.61 Å². The summed E-state index contributed by atoms with van der Waals surface area (Å²) in [7, 11) is 2.40. The number of rotatable bonds is 6. The lowest BCUT2D eigenvalue weighted by atomic mass is 9.93. The summed E-state index contributed by atoms with van der Waals surface area (Å²) in [6.07, 6.45) is 0.538. The van der Waals surface area contributed by atoms with E-state index < -0.39 is 11.0 Å². The van der Waals surface area contributed by atoms with Crippen molar-refractivity contribution in [2.24, 2.45) is 5.92 Å². The average Bonchev–Trinajstić information content (AvgIpc) is 2.89. The number of esters is 1. The first kappa shape index (κ1) is 21.1. The number of carbonyl (C=O) groups is 1. The summed E-state index contributed by atoms with van der Waals surface area (Å²) < 4.78 is 24.0. The molecule has 0 aliphatic carbocycles. The van der Waals surface area contributed by atoms with Crippen molar-refractivity contribution in [3.63, 3.8) is 0 Å². The minimum Gasteiger partial charge on any atom is -0.459 e. The third-order valence-electron chi connectivity index (χ3n) is 4.72. The predicted octanol–water partition coefficient (Wildman–Crippen LogP) is 2.51. The fourth-order valence-corrected chi connectivity index (χ4v) is 5.38. The van der Waals surface area contributed by atoms with E-state index in [2.05, 4.69) is 6.92 Å². The number of hydrogen-bond acceptors (Lipinski definition) is 5. The predicted molar refractivity (Wildman–Crippen MR) is 104 cm³/mol. The largest absolute Gasteiger partial charge is 0.459 e. The topological polar surface area (TPSA) is 54.0 Å². The summed E-state index contributed by atoms with van der Waals surface area (Å²) in [4.78, 5) is 12.2. The van der Waals surface area contributed by atoms with Crippen LogP contribution in [-0.4, -0.2) is 52.6 Å². The minimum atomic E-state index is -0.837. The number of carbonyl (C=O) groups excluding carboxylic acids is 1. The van der Waals surface area contributed by atoms with E-state index in [1.165, 1.54) is 0 Å². The minimum absolute atomic E-state index is 0.123. The first-order chi connectivity index (χ1) is 12.0. The van der Waals surface area contributed by atoms with Gasteiger partial charge in [0, 0.05) is 23.3 Å². The Morgan fingerprint density at radius 1 is 1.27 bits per heavy atom. The van der Waals surface area contributed by atoms with Crippen LogP contribution in [0.1, 0.15) is 51.4 Å². The van der Waals surface area contributed by atoms with Gasteiger partial charge < -0.3 is 18.9 Å². The number of ether oxygens (including phenoxy) is 4. The van der Waals surface area contributed by atoms with Crippen molar-refractivity contribution >= 4 is 16.2 Å². The van der Waals surface area contributed by atoms with Gasteiger partial charge in [0.2, 0.25) is 0 Å². The molecule has 26 heavy (non-hydrogen) atoms. The van der Waals surface area contributed by atoms with Gasteiger partial charge in [-0.1, -0.05) is 25.1 Å². The zero-order chi connectivity index (χ0) is 19.6. The Morgan fingerprint density at radius 3 is 2.42 bits per heavy atom. The molecule has 0 amide bonds. The number of methoxy groups -OCH3 is 1. The van der Waals surface area contributed by atoms with Crippen LogP contribution in [0.5, 0.6) is 0 Å². The highest BCUT2D eigenvalue weighted by Crippen LogP contribution is 2.45. The van der Waals surface area contributed by atoms with Crippen LogP contribution in [0.3, 0.4) is 0 Å². The molecule has 0 aromatic heterocycles. The quantitative estimate of drug-likeness (QED) is 0.561. The Labute approximate surface area is 159 Å². The molecule has 6 heteroatoms. The fraction of sp³-hybridized carbons (Fsp3) is 0.650. The second-order valence-electron chi connectivity index (χ2n) is 8.44. The lowest BCUT2D eigenvalue weighted by Gasteiger charge is -2.47. The van der Waals surface area contributed by atoms with Crippen molar-refractivity contribution in [3.05, 3.63) is 35.9 Å². The normalized spacial score (nSPS) is 28.7. The van der Waals surface area contributed by atoms with Crippen molar-refractivity contribution in [1.29, 1.82) is 0 Å². The Kier molecular flexibility index (Phi) is 6.33. The Morgan fingerprint density at radius 2 is 1.88 bits per heavy atom. The zero-order valence-electron chi connectivity index (χ0n) is 17.0. The third kappa shape index (κ3) is 4.54. The molecule has 1 heterocycles. The van der Waals surface area contributed by atoms with Crippen LogP contribution in [0.25, 0.3) is 0 Å². The molecule has 0 radical (unpaired) electrons. The van der Waals surface area contributed by atoms with Gasteiger partial charge >= 0.3 is 5.97 Å². The lowest BCUT2D eigenvalue weighted by molar-refractivity contribution is -0.314. The van der Waals surface area contributed by atoms with Gasteiger partial charge in [0.05, 0.1) is 22.5 Å². The van der Waals surface area contributed by atoms with Gasteiger partial charge in [-0.2, -0.15) is 0 Å². The molecule has 2 rings (SSSR count). The van der Waals surface area contributed by atoms with Crippen LogP contribution in [-0.2, 0) is 18.9 Å². The maximum Gasteiger partial charge on any atom is 0.338 e. The molecule has 0 bridgehead atoms. The first-order valence-corrected chi connectivity index (χ1v) is 10.2. The maximum atomic E-state index is 12.2. The van der Waals surface area contributed by atoms with Crippen molar-refractivity contribution in [3.8, 4) is 0 Å². The highest BCUT2D eigenvalue weighted by atomic mass is 28.1. The van der Waals surface area contributed by atoms with Crippen molar-refractivity contribution in [1.82, 2.24) is 0 Å². The highest BCUT2D eigenvalue weighted by molar-refractivity contribution is 6.15. The van der Waals surface area contributed by atoms with Crippen molar-refractivity contribution in [2.45, 2.75) is 63.8 Å². The SMILES string of the molecule is CO[C@@]1(C(C)([SiH3])OC(C)(C)C)O[C@H](COC(=O)c2ccccc2)C[C@@H]1C. The van der Waals surface area contributed by atoms with Crippen LogP contribution < -0.4 is 0 Å². The van der Waals surface area contributed by atoms with Crippen LogP contribution in [0.4, 0.5) is 0 Å². The molecule has 4 atom stereocenters. The van der Waals surface area contributed by atoms with Gasteiger partial charge in [0.25, 0.3) is 0 Å². The van der Waals surface area contributed by atoms with Gasteiger partial charge in [0.15, 0.2) is 5.79 Å². The molecule has 1 aliphatic rings. The molecule has 1 aliphatic heterocycles. The van der Waals surface area contributed by atoms with Gasteiger partial charge in [-0.3, -0.25) is 0 Å². The number of hydrogen-bond donors (Lipinski definition) is 0. The van der Waals surface area contributed by atoms with Crippen LogP contribution in [0.15, 0.2) is 30.3 Å². The summed E-state index contributed by atoms with van der Waals surface area (Å²) in [5, 5.41) is -0.530. The molecular weight excluding hydrogens is 348 g/mol. The summed E-state index contributed by atoms with van der Waals surface area (Å²) in [6.45, 7) is 10.4. The van der Waals surface area contributed by atoms with Crippen molar-refractivity contribution < 1.29 is 23.7 Å². The van der Waals surface area contributed by atoms with E-state index in [0.29, 0.717) is 5.56 Å². The Hall–Kier alpha value is -1.21. The molecule has 0 saturated carbocycles. The monoisotopic (exact) mass is 380 g/mol. The van der Waals surface area contributed by atoms with E-state index in [9.17, 15) is 4.79 Å². The molecule has 1 fully saturated rings. The number of benzene rings is 1. The van der Waals surface area contributed by atoms with E-state index in [1.54, 1.807) is 19.2 Å². The van der Waals surface area contributed by atoms with Crippen LogP contribution in [0, 0.1) is 5.92 Å². The van der Waals surface area contributed by atoms with E-state index in [1.807, 2.05) is 45.9 Å². The summed E-state index contributed by atoms with van der Waals surface area (Å²) in [6, 6.07) is 8.99. The molecule has 1 aromatic carbocycles. The van der Waals surface area contributed by atoms with E-state index in [0.717, 1.165) is 16.7 Å². The maximum absolute atomic E-state index is 12.2. The molecule has 5 nitrogen and oxygen atoms in total. The first-order valence-electron chi connectivity index (χ1n) is 9.16. The van der Waals surface area contributed by atoms with Crippen LogP contribution >= 0.6 is 0 Å². The van der Waals surface area contributed by atoms with E-state index in [4.69, 9.17) is 18.9 Å². The molecule has 1 unspecified atom stereocenters. The molecule has 146 valence electrons. The van der Waals surface area contributed by atoms with Crippen molar-refractivity contribution in [2.75, 3.05) is 13.7 Å². The van der Waals surface area contributed by atoms with E-state index in [-0.39, 0.29) is 30.2 Å². The van der Waals surface area contributed by atoms with Crippen LogP contribution in [0.2, 0.25) is 0 Å². The second kappa shape index (κ2) is 7.80.